The van der Waals surface area contributed by atoms with Gasteiger partial charge in [0.2, 0.25) is 0 Å². The van der Waals surface area contributed by atoms with Gasteiger partial charge in [-0.25, -0.2) is 4.79 Å². The molecule has 0 aromatic heterocycles. The molecule has 0 saturated heterocycles. The molecule has 0 aliphatic heterocycles. The van der Waals surface area contributed by atoms with E-state index in [1.807, 2.05) is 13.0 Å². The van der Waals surface area contributed by atoms with Crippen LogP contribution in [0.15, 0.2) is 46.9 Å². The number of aryl methyl sites for hydroxylation is 1. The number of nitrogens with one attached hydrogen (secondary N) is 1. The van der Waals surface area contributed by atoms with Crippen molar-refractivity contribution in [2.45, 2.75) is 13.5 Å². The van der Waals surface area contributed by atoms with Crippen LogP contribution in [-0.2, 0) is 14.3 Å². The molecule has 0 bridgehead atoms. The lowest BCUT2D eigenvalue weighted by atomic mass is 10.2. The number of carbonyl (C=O) groups excluding carboxylic acids is 2. The van der Waals surface area contributed by atoms with Crippen molar-refractivity contribution in [3.8, 4) is 11.5 Å². The van der Waals surface area contributed by atoms with Gasteiger partial charge in [0.1, 0.15) is 0 Å². The van der Waals surface area contributed by atoms with Gasteiger partial charge < -0.3 is 19.5 Å². The molecule has 0 spiro atoms. The maximum absolute atomic E-state index is 12.3. The van der Waals surface area contributed by atoms with Gasteiger partial charge in [-0.1, -0.05) is 28.1 Å². The zero-order chi connectivity index (χ0) is 21.4. The van der Waals surface area contributed by atoms with E-state index in [1.165, 1.54) is 31.4 Å². The van der Waals surface area contributed by atoms with Crippen molar-refractivity contribution in [2.24, 2.45) is 0 Å². The van der Waals surface area contributed by atoms with E-state index in [2.05, 4.69) is 26.0 Å². The van der Waals surface area contributed by atoms with Crippen molar-refractivity contribution in [1.82, 2.24) is 0 Å². The number of carbonyl (C=O) groups is 2. The second-order valence-corrected chi connectivity index (χ2v) is 6.60. The first-order valence-electron chi connectivity index (χ1n) is 8.32. The zero-order valence-corrected chi connectivity index (χ0v) is 17.2. The van der Waals surface area contributed by atoms with E-state index >= 15 is 0 Å². The highest BCUT2D eigenvalue weighted by Crippen LogP contribution is 2.29. The summed E-state index contributed by atoms with van der Waals surface area (Å²) in [5, 5.41) is 2.61. The number of amides is 1. The van der Waals surface area contributed by atoms with Crippen LogP contribution in [0.25, 0.3) is 6.08 Å². The molecule has 6 nitrogen and oxygen atoms in total. The minimum absolute atomic E-state index is 0.0875. The summed E-state index contributed by atoms with van der Waals surface area (Å²) < 4.78 is 39.7. The molecule has 0 heterocycles. The fraction of sp³-hybridized carbons (Fsp3) is 0.200. The Kier molecular flexibility index (Phi) is 8.14. The van der Waals surface area contributed by atoms with Crippen molar-refractivity contribution in [2.75, 3.05) is 19.0 Å². The Morgan fingerprint density at radius 2 is 1.93 bits per heavy atom. The average molecular weight is 470 g/mol. The van der Waals surface area contributed by atoms with E-state index in [9.17, 15) is 18.4 Å². The van der Waals surface area contributed by atoms with Crippen LogP contribution in [-0.4, -0.2) is 32.2 Å². The maximum atomic E-state index is 12.3. The topological polar surface area (TPSA) is 73.9 Å². The van der Waals surface area contributed by atoms with Gasteiger partial charge in [-0.3, -0.25) is 4.79 Å². The van der Waals surface area contributed by atoms with E-state index in [0.717, 1.165) is 16.1 Å². The van der Waals surface area contributed by atoms with Crippen molar-refractivity contribution >= 4 is 39.6 Å². The number of rotatable bonds is 8. The minimum atomic E-state index is -2.98. The summed E-state index contributed by atoms with van der Waals surface area (Å²) in [7, 11) is 1.31. The number of hydrogen-bond donors (Lipinski definition) is 1. The Balaban J connectivity index is 1.88. The SMILES string of the molecule is COc1cc(/C=C/C(=O)OCC(=O)Nc2ccc(C)c(Br)c2)ccc1OC(F)F. The third kappa shape index (κ3) is 7.19. The van der Waals surface area contributed by atoms with Gasteiger partial charge in [0.05, 0.1) is 7.11 Å². The summed E-state index contributed by atoms with van der Waals surface area (Å²) in [4.78, 5) is 23.7. The highest BCUT2D eigenvalue weighted by Gasteiger charge is 2.11. The van der Waals surface area contributed by atoms with Crippen molar-refractivity contribution in [1.29, 1.82) is 0 Å². The molecule has 2 aromatic rings. The molecule has 0 atom stereocenters. The van der Waals surface area contributed by atoms with Crippen LogP contribution in [0.5, 0.6) is 11.5 Å². The predicted octanol–water partition coefficient (Wildman–Crippen LogP) is 4.56. The molecule has 2 aromatic carbocycles. The third-order valence-electron chi connectivity index (χ3n) is 3.62. The largest absolute Gasteiger partial charge is 0.493 e. The van der Waals surface area contributed by atoms with Crippen molar-refractivity contribution < 1.29 is 32.6 Å². The van der Waals surface area contributed by atoms with Crippen LogP contribution in [0.3, 0.4) is 0 Å². The van der Waals surface area contributed by atoms with Crippen molar-refractivity contribution in [3.05, 3.63) is 58.1 Å². The number of alkyl halides is 2. The van der Waals surface area contributed by atoms with E-state index < -0.39 is 25.1 Å². The number of benzene rings is 2. The van der Waals surface area contributed by atoms with Crippen molar-refractivity contribution in [3.63, 3.8) is 0 Å². The van der Waals surface area contributed by atoms with E-state index in [-0.39, 0.29) is 11.5 Å². The minimum Gasteiger partial charge on any atom is -0.493 e. The number of halogens is 3. The van der Waals surface area contributed by atoms with Crippen LogP contribution < -0.4 is 14.8 Å². The fourth-order valence-electron chi connectivity index (χ4n) is 2.20. The number of methoxy groups -OCH3 is 1. The number of hydrogen-bond acceptors (Lipinski definition) is 5. The lowest BCUT2D eigenvalue weighted by Gasteiger charge is -2.10. The standard InChI is InChI=1S/C20H18BrF2NO5/c1-12-3-6-14(10-15(12)21)24-18(25)11-28-19(26)8-5-13-4-7-16(29-20(22)23)17(9-13)27-2/h3-10,20H,11H2,1-2H3,(H,24,25)/b8-5+. The summed E-state index contributed by atoms with van der Waals surface area (Å²) in [6, 6.07) is 9.48. The first kappa shape index (κ1) is 22.4. The number of esters is 1. The molecule has 0 fully saturated rings. The maximum Gasteiger partial charge on any atom is 0.387 e. The molecule has 0 radical (unpaired) electrons. The normalized spacial score (nSPS) is 10.8. The summed E-state index contributed by atoms with van der Waals surface area (Å²) >= 11 is 3.37. The first-order valence-corrected chi connectivity index (χ1v) is 9.11. The van der Waals surface area contributed by atoms with E-state index in [0.29, 0.717) is 11.3 Å². The monoisotopic (exact) mass is 469 g/mol. The lowest BCUT2D eigenvalue weighted by Crippen LogP contribution is -2.20. The quantitative estimate of drug-likeness (QED) is 0.453. The summed E-state index contributed by atoms with van der Waals surface area (Å²) in [6.07, 6.45) is 2.50. The second kappa shape index (κ2) is 10.6. The zero-order valence-electron chi connectivity index (χ0n) is 15.6. The van der Waals surface area contributed by atoms with Crippen LogP contribution in [0.1, 0.15) is 11.1 Å². The highest BCUT2D eigenvalue weighted by atomic mass is 79.9. The van der Waals surface area contributed by atoms with Gasteiger partial charge in [-0.15, -0.1) is 0 Å². The third-order valence-corrected chi connectivity index (χ3v) is 4.47. The first-order chi connectivity index (χ1) is 13.8. The Hall–Kier alpha value is -2.94. The van der Waals surface area contributed by atoms with E-state index in [1.54, 1.807) is 12.1 Å². The lowest BCUT2D eigenvalue weighted by molar-refractivity contribution is -0.142. The van der Waals surface area contributed by atoms with Gasteiger partial charge in [0.25, 0.3) is 5.91 Å². The van der Waals surface area contributed by atoms with Gasteiger partial charge in [0, 0.05) is 16.2 Å². The molecule has 2 rings (SSSR count). The molecule has 0 saturated carbocycles. The molecular weight excluding hydrogens is 452 g/mol. The van der Waals surface area contributed by atoms with Crippen LogP contribution in [0.2, 0.25) is 0 Å². The predicted molar refractivity (Wildman–Crippen MR) is 107 cm³/mol. The van der Waals surface area contributed by atoms with Gasteiger partial charge in [-0.2, -0.15) is 8.78 Å². The molecule has 0 unspecified atom stereocenters. The van der Waals surface area contributed by atoms with Crippen LogP contribution in [0, 0.1) is 6.92 Å². The molecule has 1 amide bonds. The Labute approximate surface area is 174 Å². The number of anilines is 1. The molecule has 0 aliphatic rings. The molecule has 1 N–H and O–H groups in total. The number of ether oxygens (including phenoxy) is 3. The van der Waals surface area contributed by atoms with Gasteiger partial charge in [-0.05, 0) is 48.4 Å². The fourth-order valence-corrected chi connectivity index (χ4v) is 2.58. The average Bonchev–Trinajstić information content (AvgIpc) is 2.68. The highest BCUT2D eigenvalue weighted by molar-refractivity contribution is 9.10. The molecule has 154 valence electrons. The second-order valence-electron chi connectivity index (χ2n) is 5.74. The van der Waals surface area contributed by atoms with E-state index in [4.69, 9.17) is 9.47 Å². The molecular formula is C20H18BrF2NO5. The molecule has 9 heteroatoms. The molecule has 29 heavy (non-hydrogen) atoms. The summed E-state index contributed by atoms with van der Waals surface area (Å²) in [5.41, 5.74) is 2.08. The van der Waals surface area contributed by atoms with Crippen LogP contribution in [0.4, 0.5) is 14.5 Å². The van der Waals surface area contributed by atoms with Gasteiger partial charge in [0.15, 0.2) is 18.1 Å². The Morgan fingerprint density at radius 1 is 1.17 bits per heavy atom. The van der Waals surface area contributed by atoms with Crippen LogP contribution >= 0.6 is 15.9 Å². The smallest absolute Gasteiger partial charge is 0.387 e. The summed E-state index contributed by atoms with van der Waals surface area (Å²) in [5.74, 6) is -1.26. The Bertz CT molecular complexity index is 918. The van der Waals surface area contributed by atoms with Gasteiger partial charge >= 0.3 is 12.6 Å². The summed E-state index contributed by atoms with van der Waals surface area (Å²) in [6.45, 7) is -1.52. The Morgan fingerprint density at radius 3 is 2.59 bits per heavy atom. The molecule has 0 aliphatic carbocycles.